The zero-order valence-electron chi connectivity index (χ0n) is 32.4. The van der Waals surface area contributed by atoms with Crippen LogP contribution in [0.1, 0.15) is 109 Å². The third-order valence-electron chi connectivity index (χ3n) is 9.20. The van der Waals surface area contributed by atoms with Crippen LogP contribution in [0.15, 0.2) is 117 Å². The van der Waals surface area contributed by atoms with E-state index >= 15 is 0 Å². The Bertz CT molecular complexity index is 1640. The Balaban J connectivity index is 1.93. The maximum atomic E-state index is 12.8. The Labute approximate surface area is 300 Å². The second-order valence-corrected chi connectivity index (χ2v) is 14.9. The average molecular weight is 683 g/mol. The number of hydrogen-bond acceptors (Lipinski definition) is 6. The van der Waals surface area contributed by atoms with Gasteiger partial charge in [-0.2, -0.15) is 0 Å². The quantitative estimate of drug-likeness (QED) is 0.142. The lowest BCUT2D eigenvalue weighted by molar-refractivity contribution is -0.154. The van der Waals surface area contributed by atoms with Crippen molar-refractivity contribution in [2.24, 2.45) is 10.8 Å². The molecule has 0 saturated heterocycles. The lowest BCUT2D eigenvalue weighted by Gasteiger charge is -2.36. The highest BCUT2D eigenvalue weighted by Crippen LogP contribution is 2.42. The summed E-state index contributed by atoms with van der Waals surface area (Å²) in [6, 6.07) is 0. The SMILES string of the molecule is CC(=O)O[C@H]1CC(C)(C)C(/C=C/C(C)=C/C=C/C(C)=C/C=C/C=C(\C)CC/C=C(C)/C=C/C2=C(C)C(=O)[C@@H](OC(C)=O)CC2(C)C)=C(C)C1=O. The third-order valence-corrected chi connectivity index (χ3v) is 9.20. The fourth-order valence-electron chi connectivity index (χ4n) is 6.39. The van der Waals surface area contributed by atoms with Gasteiger partial charge >= 0.3 is 11.9 Å². The van der Waals surface area contributed by atoms with E-state index in [9.17, 15) is 19.2 Å². The van der Waals surface area contributed by atoms with Gasteiger partial charge in [-0.25, -0.2) is 0 Å². The van der Waals surface area contributed by atoms with E-state index in [2.05, 4.69) is 84.9 Å². The molecule has 2 atom stereocenters. The van der Waals surface area contributed by atoms with Crippen LogP contribution < -0.4 is 0 Å². The first-order valence-corrected chi connectivity index (χ1v) is 17.5. The van der Waals surface area contributed by atoms with E-state index in [4.69, 9.17) is 9.47 Å². The van der Waals surface area contributed by atoms with Crippen LogP contribution in [0.2, 0.25) is 0 Å². The summed E-state index contributed by atoms with van der Waals surface area (Å²) < 4.78 is 10.5. The lowest BCUT2D eigenvalue weighted by Crippen LogP contribution is -2.38. The summed E-state index contributed by atoms with van der Waals surface area (Å²) in [5.41, 5.74) is 7.30. The molecule has 2 rings (SSSR count). The highest BCUT2D eigenvalue weighted by Gasteiger charge is 2.40. The Hall–Kier alpha value is -4.32. The lowest BCUT2D eigenvalue weighted by atomic mass is 9.71. The summed E-state index contributed by atoms with van der Waals surface area (Å²) in [6.07, 6.45) is 26.1. The number of allylic oxidation sites excluding steroid dienone is 18. The molecule has 0 spiro atoms. The van der Waals surface area contributed by atoms with Gasteiger partial charge in [-0.3, -0.25) is 19.2 Å². The molecule has 0 aromatic heterocycles. The standard InChI is InChI=1S/C44H58O6/c1-29(19-15-21-31(3)23-25-37-33(5)41(47)39(49-35(7)45)27-43(37,9)10)17-13-14-18-30(2)20-16-22-32(4)24-26-38-34(6)42(48)40(50-36(8)46)28-44(38,11)12/h13-15,17-19,21-26,39-40H,16,20,27-28H2,1-12H3/b14-13+,19-15+,25-23+,26-24+,29-17+,30-18+,31-21+,32-22+/t39-,40-/m0/s1. The number of carbonyl (C=O) groups is 4. The van der Waals surface area contributed by atoms with E-state index in [1.165, 1.54) is 19.4 Å². The monoisotopic (exact) mass is 682 g/mol. The number of carbonyl (C=O) groups excluding carboxylic acids is 4. The minimum atomic E-state index is -0.716. The minimum absolute atomic E-state index is 0.113. The van der Waals surface area contributed by atoms with Crippen molar-refractivity contribution < 1.29 is 28.7 Å². The average Bonchev–Trinajstić information content (AvgIpc) is 2.99. The van der Waals surface area contributed by atoms with E-state index in [0.29, 0.717) is 24.0 Å². The second-order valence-electron chi connectivity index (χ2n) is 14.9. The van der Waals surface area contributed by atoms with Gasteiger partial charge in [0.05, 0.1) is 0 Å². The van der Waals surface area contributed by atoms with Gasteiger partial charge in [0.25, 0.3) is 0 Å². The molecule has 0 radical (unpaired) electrons. The van der Waals surface area contributed by atoms with Gasteiger partial charge in [0.1, 0.15) is 0 Å². The van der Waals surface area contributed by atoms with Crippen molar-refractivity contribution in [3.63, 3.8) is 0 Å². The maximum Gasteiger partial charge on any atom is 0.303 e. The molecule has 270 valence electrons. The van der Waals surface area contributed by atoms with E-state index < -0.39 is 24.1 Å². The number of esters is 2. The molecular formula is C44H58O6. The molecule has 0 N–H and O–H groups in total. The molecule has 50 heavy (non-hydrogen) atoms. The molecule has 6 nitrogen and oxygen atoms in total. The molecule has 0 saturated carbocycles. The fourth-order valence-corrected chi connectivity index (χ4v) is 6.39. The van der Waals surface area contributed by atoms with E-state index in [0.717, 1.165) is 40.7 Å². The Morgan fingerprint density at radius 2 is 1.06 bits per heavy atom. The summed E-state index contributed by atoms with van der Waals surface area (Å²) in [7, 11) is 0. The maximum absolute atomic E-state index is 12.8. The molecule has 0 aromatic rings. The van der Waals surface area contributed by atoms with E-state index in [1.54, 1.807) is 0 Å². The summed E-state index contributed by atoms with van der Waals surface area (Å²) in [6.45, 7) is 22.9. The van der Waals surface area contributed by atoms with Crippen LogP contribution in [-0.2, 0) is 28.7 Å². The van der Waals surface area contributed by atoms with Crippen molar-refractivity contribution in [2.75, 3.05) is 0 Å². The predicted octanol–water partition coefficient (Wildman–Crippen LogP) is 10.3. The minimum Gasteiger partial charge on any atom is -0.454 e. The fraction of sp³-hybridized carbons (Fsp3) is 0.455. The number of rotatable bonds is 13. The van der Waals surface area contributed by atoms with Gasteiger partial charge in [0, 0.05) is 26.7 Å². The molecule has 0 aliphatic heterocycles. The van der Waals surface area contributed by atoms with Crippen molar-refractivity contribution in [1.82, 2.24) is 0 Å². The highest BCUT2D eigenvalue weighted by atomic mass is 16.5. The largest absolute Gasteiger partial charge is 0.454 e. The number of ketones is 2. The van der Waals surface area contributed by atoms with Crippen LogP contribution in [0.25, 0.3) is 0 Å². The highest BCUT2D eigenvalue weighted by molar-refractivity contribution is 6.02. The van der Waals surface area contributed by atoms with Crippen molar-refractivity contribution in [3.8, 4) is 0 Å². The summed E-state index contributed by atoms with van der Waals surface area (Å²) in [5, 5.41) is 0. The van der Waals surface area contributed by atoms with Crippen LogP contribution in [0.5, 0.6) is 0 Å². The summed E-state index contributed by atoms with van der Waals surface area (Å²) in [4.78, 5) is 48.4. The van der Waals surface area contributed by atoms with Gasteiger partial charge in [0.15, 0.2) is 23.8 Å². The molecule has 0 amide bonds. The topological polar surface area (TPSA) is 86.7 Å². The first kappa shape index (κ1) is 41.8. The van der Waals surface area contributed by atoms with Gasteiger partial charge in [0.2, 0.25) is 0 Å². The molecule has 6 heteroatoms. The molecule has 0 aromatic carbocycles. The molecule has 0 unspecified atom stereocenters. The zero-order valence-corrected chi connectivity index (χ0v) is 32.4. The van der Waals surface area contributed by atoms with Crippen LogP contribution in [0.3, 0.4) is 0 Å². The van der Waals surface area contributed by atoms with Crippen LogP contribution >= 0.6 is 0 Å². The van der Waals surface area contributed by atoms with Crippen LogP contribution in [0, 0.1) is 10.8 Å². The Kier molecular flexibility index (Phi) is 15.6. The van der Waals surface area contributed by atoms with Crippen LogP contribution in [0.4, 0.5) is 0 Å². The third kappa shape index (κ3) is 12.9. The second kappa shape index (κ2) is 18.6. The Morgan fingerprint density at radius 1 is 0.640 bits per heavy atom. The van der Waals surface area contributed by atoms with E-state index in [-0.39, 0.29) is 22.4 Å². The van der Waals surface area contributed by atoms with Gasteiger partial charge in [-0.15, -0.1) is 0 Å². The van der Waals surface area contributed by atoms with E-state index in [1.807, 2.05) is 57.2 Å². The summed E-state index contributed by atoms with van der Waals surface area (Å²) >= 11 is 0. The number of Topliss-reactive ketones (excluding diaryl/α,β-unsaturated/α-hetero) is 2. The molecule has 2 aliphatic rings. The van der Waals surface area contributed by atoms with Crippen molar-refractivity contribution >= 4 is 23.5 Å². The molecule has 0 bridgehead atoms. The van der Waals surface area contributed by atoms with Crippen LogP contribution in [-0.4, -0.2) is 35.7 Å². The molecule has 0 fully saturated rings. The number of hydrogen-bond donors (Lipinski definition) is 0. The summed E-state index contributed by atoms with van der Waals surface area (Å²) in [5.74, 6) is -1.10. The first-order chi connectivity index (χ1) is 23.2. The predicted molar refractivity (Wildman–Crippen MR) is 204 cm³/mol. The Morgan fingerprint density at radius 3 is 1.54 bits per heavy atom. The van der Waals surface area contributed by atoms with Crippen molar-refractivity contribution in [1.29, 1.82) is 0 Å². The molecule has 0 heterocycles. The van der Waals surface area contributed by atoms with Gasteiger partial charge in [-0.05, 0) is 87.5 Å². The zero-order chi connectivity index (χ0) is 37.8. The number of ether oxygens (including phenoxy) is 2. The molecule has 2 aliphatic carbocycles. The normalized spacial score (nSPS) is 22.6. The first-order valence-electron chi connectivity index (χ1n) is 17.5. The smallest absolute Gasteiger partial charge is 0.303 e. The van der Waals surface area contributed by atoms with Gasteiger partial charge < -0.3 is 9.47 Å². The van der Waals surface area contributed by atoms with Crippen molar-refractivity contribution in [2.45, 2.75) is 121 Å². The van der Waals surface area contributed by atoms with Gasteiger partial charge in [-0.1, -0.05) is 123 Å². The van der Waals surface area contributed by atoms with Crippen molar-refractivity contribution in [3.05, 3.63) is 117 Å². The molecular weight excluding hydrogens is 624 g/mol.